The maximum absolute atomic E-state index is 10.2. The van der Waals surface area contributed by atoms with E-state index in [4.69, 9.17) is 9.79 Å². The summed E-state index contributed by atoms with van der Waals surface area (Å²) < 4.78 is 10.2. The van der Waals surface area contributed by atoms with Gasteiger partial charge in [-0.15, -0.1) is 0 Å². The van der Waals surface area contributed by atoms with E-state index in [1.54, 1.807) is 0 Å². The minimum Gasteiger partial charge on any atom is -0.321 e. The highest BCUT2D eigenvalue weighted by Gasteiger charge is 2.14. The van der Waals surface area contributed by atoms with Crippen molar-refractivity contribution >= 4 is 13.9 Å². The molecule has 0 bridgehead atoms. The summed E-state index contributed by atoms with van der Waals surface area (Å²) in [6.07, 6.45) is 1.99. The molecule has 5 heteroatoms. The first-order valence-corrected chi connectivity index (χ1v) is 3.70. The molecule has 1 radical (unpaired) electrons. The van der Waals surface area contributed by atoms with E-state index in [2.05, 4.69) is 0 Å². The van der Waals surface area contributed by atoms with Crippen molar-refractivity contribution in [3.05, 3.63) is 11.4 Å². The van der Waals surface area contributed by atoms with Gasteiger partial charge in [-0.2, -0.15) is 0 Å². The Hall–Kier alpha value is -0.440. The zero-order valence-electron chi connectivity index (χ0n) is 4.74. The van der Waals surface area contributed by atoms with Crippen molar-refractivity contribution < 1.29 is 19.1 Å². The Balaban J connectivity index is 4.39. The van der Waals surface area contributed by atoms with Crippen molar-refractivity contribution in [3.63, 3.8) is 0 Å². The second-order valence-corrected chi connectivity index (χ2v) is 3.24. The summed E-state index contributed by atoms with van der Waals surface area (Å²) in [6.45, 7) is 1.17. The van der Waals surface area contributed by atoms with E-state index in [9.17, 15) is 9.36 Å². The average Bonchev–Trinajstić information content (AvgIpc) is 1.64. The van der Waals surface area contributed by atoms with Crippen molar-refractivity contribution in [2.45, 2.75) is 6.92 Å². The molecule has 0 aromatic heterocycles. The second kappa shape index (κ2) is 2.92. The van der Waals surface area contributed by atoms with Crippen LogP contribution < -0.4 is 0 Å². The first-order valence-electron chi connectivity index (χ1n) is 2.09. The molecule has 0 amide bonds. The lowest BCUT2D eigenvalue weighted by molar-refractivity contribution is 0.382. The molecule has 0 saturated carbocycles. The Morgan fingerprint density at radius 3 is 2.22 bits per heavy atom. The van der Waals surface area contributed by atoms with Gasteiger partial charge in [0.25, 0.3) is 0 Å². The highest BCUT2D eigenvalue weighted by atomic mass is 31.2. The molecular weight excluding hydrogens is 143 g/mol. The summed E-state index contributed by atoms with van der Waals surface area (Å²) in [5, 5.41) is -0.266. The lowest BCUT2D eigenvalue weighted by atomic mass is 10.6. The molecule has 0 aliphatic heterocycles. The summed E-state index contributed by atoms with van der Waals surface area (Å²) in [6, 6.07) is 0. The Bertz CT molecular complexity index is 177. The van der Waals surface area contributed by atoms with Crippen LogP contribution in [0.3, 0.4) is 0 Å². The molecular formula is C4H6O4P. The van der Waals surface area contributed by atoms with E-state index in [0.717, 1.165) is 6.08 Å². The summed E-state index contributed by atoms with van der Waals surface area (Å²) in [4.78, 5) is 26.1. The zero-order valence-corrected chi connectivity index (χ0v) is 5.63. The first-order chi connectivity index (χ1) is 3.98. The maximum atomic E-state index is 10.2. The van der Waals surface area contributed by atoms with Crippen molar-refractivity contribution in [1.29, 1.82) is 0 Å². The zero-order chi connectivity index (χ0) is 7.49. The van der Waals surface area contributed by atoms with Crippen LogP contribution in [0.5, 0.6) is 0 Å². The van der Waals surface area contributed by atoms with Gasteiger partial charge in [-0.1, -0.05) is 0 Å². The number of allylic oxidation sites excluding steroid dienone is 2. The Labute approximate surface area is 52.4 Å². The summed E-state index contributed by atoms with van der Waals surface area (Å²) >= 11 is 0. The van der Waals surface area contributed by atoms with Crippen LogP contribution in [0.15, 0.2) is 11.4 Å². The number of hydrogen-bond acceptors (Lipinski definition) is 2. The Morgan fingerprint density at radius 1 is 1.67 bits per heavy atom. The number of hydrogen-bond donors (Lipinski definition) is 2. The van der Waals surface area contributed by atoms with E-state index in [-0.39, 0.29) is 5.31 Å². The van der Waals surface area contributed by atoms with E-state index >= 15 is 0 Å². The first kappa shape index (κ1) is 8.56. The van der Waals surface area contributed by atoms with Crippen molar-refractivity contribution in [1.82, 2.24) is 0 Å². The summed E-state index contributed by atoms with van der Waals surface area (Å²) in [7, 11) is -4.17. The van der Waals surface area contributed by atoms with Crippen LogP contribution in [0.2, 0.25) is 0 Å². The van der Waals surface area contributed by atoms with Crippen LogP contribution in [-0.4, -0.2) is 16.1 Å². The van der Waals surface area contributed by atoms with E-state index in [1.165, 1.54) is 13.2 Å². The molecule has 0 unspecified atom stereocenters. The van der Waals surface area contributed by atoms with Gasteiger partial charge in [0, 0.05) is 11.4 Å². The van der Waals surface area contributed by atoms with Crippen LogP contribution >= 0.6 is 7.60 Å². The Kier molecular flexibility index (Phi) is 2.77. The number of rotatable bonds is 2. The minimum absolute atomic E-state index is 0.266. The smallest absolute Gasteiger partial charge is 0.321 e. The molecule has 9 heavy (non-hydrogen) atoms. The lowest BCUT2D eigenvalue weighted by Crippen LogP contribution is -1.79. The largest absolute Gasteiger partial charge is 0.352 e. The van der Waals surface area contributed by atoms with Crippen LogP contribution in [0.1, 0.15) is 6.92 Å². The second-order valence-electron chi connectivity index (χ2n) is 1.45. The third-order valence-electron chi connectivity index (χ3n) is 0.727. The van der Waals surface area contributed by atoms with Crippen LogP contribution in [0.4, 0.5) is 0 Å². The molecule has 0 aliphatic rings. The molecule has 0 aromatic carbocycles. The predicted octanol–water partition coefficient (Wildman–Crippen LogP) is 0.178. The highest BCUT2D eigenvalue weighted by Crippen LogP contribution is 2.43. The fraction of sp³-hybridized carbons (Fsp3) is 0.250. The molecule has 51 valence electrons. The number of carbonyl (C=O) groups excluding carboxylic acids is 1. The highest BCUT2D eigenvalue weighted by molar-refractivity contribution is 7.56. The van der Waals surface area contributed by atoms with Gasteiger partial charge in [0.05, 0.1) is 0 Å². The molecule has 0 rings (SSSR count). The van der Waals surface area contributed by atoms with Gasteiger partial charge in [0.2, 0.25) is 6.29 Å². The van der Waals surface area contributed by atoms with Gasteiger partial charge in [-0.3, -0.25) is 9.36 Å². The topological polar surface area (TPSA) is 74.6 Å². The molecule has 0 aromatic rings. The third-order valence-corrected chi connectivity index (χ3v) is 1.78. The predicted molar refractivity (Wildman–Crippen MR) is 31.5 cm³/mol. The molecule has 0 fully saturated rings. The maximum Gasteiger partial charge on any atom is 0.352 e. The van der Waals surface area contributed by atoms with Crippen molar-refractivity contribution in [2.24, 2.45) is 0 Å². The molecule has 2 N–H and O–H groups in total. The van der Waals surface area contributed by atoms with E-state index in [0.29, 0.717) is 0 Å². The minimum atomic E-state index is -4.17. The molecule has 0 atom stereocenters. The van der Waals surface area contributed by atoms with Gasteiger partial charge in [-0.05, 0) is 6.92 Å². The molecule has 4 nitrogen and oxygen atoms in total. The standard InChI is InChI=1S/C4H6O4P/c1-4(2-3-5)9(6,7)8/h2H,1H3,(H2,6,7,8). The molecule has 0 heterocycles. The normalized spacial score (nSPS) is 13.4. The molecule has 0 saturated heterocycles. The fourth-order valence-electron chi connectivity index (χ4n) is 0.169. The summed E-state index contributed by atoms with van der Waals surface area (Å²) in [5.74, 6) is 0. The SMILES string of the molecule is CC(=C[C]=O)P(=O)(O)O. The van der Waals surface area contributed by atoms with Crippen LogP contribution in [-0.2, 0) is 9.36 Å². The van der Waals surface area contributed by atoms with Gasteiger partial charge >= 0.3 is 7.60 Å². The lowest BCUT2D eigenvalue weighted by Gasteiger charge is -1.99. The molecule has 0 aliphatic carbocycles. The van der Waals surface area contributed by atoms with Crippen LogP contribution in [0, 0.1) is 0 Å². The van der Waals surface area contributed by atoms with E-state index < -0.39 is 7.60 Å². The van der Waals surface area contributed by atoms with Crippen LogP contribution in [0.25, 0.3) is 0 Å². The third kappa shape index (κ3) is 3.19. The van der Waals surface area contributed by atoms with Gasteiger partial charge in [-0.25, -0.2) is 0 Å². The Morgan fingerprint density at radius 2 is 2.11 bits per heavy atom. The monoisotopic (exact) mass is 149 g/mol. The van der Waals surface area contributed by atoms with Gasteiger partial charge in [0.15, 0.2) is 0 Å². The van der Waals surface area contributed by atoms with Crippen molar-refractivity contribution in [2.75, 3.05) is 0 Å². The fourth-order valence-corrected chi connectivity index (χ4v) is 0.390. The van der Waals surface area contributed by atoms with Gasteiger partial charge in [0.1, 0.15) is 0 Å². The summed E-state index contributed by atoms with van der Waals surface area (Å²) in [5.41, 5.74) is 0. The van der Waals surface area contributed by atoms with Crippen molar-refractivity contribution in [3.8, 4) is 0 Å². The average molecular weight is 149 g/mol. The molecule has 0 spiro atoms. The van der Waals surface area contributed by atoms with Gasteiger partial charge < -0.3 is 9.79 Å². The quantitative estimate of drug-likeness (QED) is 0.433. The van der Waals surface area contributed by atoms with E-state index in [1.807, 2.05) is 0 Å².